The average molecular weight is 328 g/mol. The molecule has 3 heterocycles. The van der Waals surface area contributed by atoms with Gasteiger partial charge in [0.2, 0.25) is 5.95 Å². The van der Waals surface area contributed by atoms with Crippen LogP contribution in [-0.4, -0.2) is 54.3 Å². The van der Waals surface area contributed by atoms with Gasteiger partial charge in [0.1, 0.15) is 5.82 Å². The summed E-state index contributed by atoms with van der Waals surface area (Å²) < 4.78 is 5.51. The molecule has 7 heteroatoms. The smallest absolute Gasteiger partial charge is 0.227 e. The van der Waals surface area contributed by atoms with Crippen LogP contribution in [0.1, 0.15) is 23.2 Å². The number of hydrogen-bond acceptors (Lipinski definition) is 7. The normalized spacial score (nSPS) is 22.8. The van der Waals surface area contributed by atoms with Crippen molar-refractivity contribution in [2.45, 2.75) is 38.3 Å². The fourth-order valence-corrected chi connectivity index (χ4v) is 3.87. The Morgan fingerprint density at radius 3 is 2.83 bits per heavy atom. The van der Waals surface area contributed by atoms with Crippen LogP contribution < -0.4 is 16.0 Å². The third-order valence-electron chi connectivity index (χ3n) is 5.16. The van der Waals surface area contributed by atoms with Crippen molar-refractivity contribution in [3.05, 3.63) is 16.8 Å². The molecule has 1 fully saturated rings. The minimum absolute atomic E-state index is 0.122. The van der Waals surface area contributed by atoms with Crippen molar-refractivity contribution >= 4 is 22.8 Å². The first-order chi connectivity index (χ1) is 11.7. The van der Waals surface area contributed by atoms with Gasteiger partial charge in [0.25, 0.3) is 0 Å². The summed E-state index contributed by atoms with van der Waals surface area (Å²) in [7, 11) is 3.63. The van der Waals surface area contributed by atoms with Crippen LogP contribution in [0.2, 0.25) is 0 Å². The van der Waals surface area contributed by atoms with E-state index in [1.165, 1.54) is 23.2 Å². The van der Waals surface area contributed by atoms with Crippen molar-refractivity contribution in [2.24, 2.45) is 0 Å². The van der Waals surface area contributed by atoms with Crippen LogP contribution in [0.3, 0.4) is 0 Å². The monoisotopic (exact) mass is 328 g/mol. The number of nitrogens with zero attached hydrogens (tertiary/aromatic N) is 3. The molecule has 2 aromatic rings. The van der Waals surface area contributed by atoms with Gasteiger partial charge in [-0.2, -0.15) is 9.97 Å². The third-order valence-corrected chi connectivity index (χ3v) is 5.16. The number of aromatic nitrogens is 3. The van der Waals surface area contributed by atoms with Crippen LogP contribution in [0.25, 0.3) is 11.0 Å². The number of hydrogen-bond donors (Lipinski definition) is 3. The van der Waals surface area contributed by atoms with E-state index in [4.69, 9.17) is 14.7 Å². The summed E-state index contributed by atoms with van der Waals surface area (Å²) in [5.41, 5.74) is 4.61. The average Bonchev–Trinajstić information content (AvgIpc) is 3.23. The van der Waals surface area contributed by atoms with Crippen molar-refractivity contribution < 1.29 is 4.74 Å². The Balaban J connectivity index is 1.77. The van der Waals surface area contributed by atoms with Gasteiger partial charge in [-0.3, -0.25) is 0 Å². The minimum Gasteiger partial charge on any atom is -0.378 e. The Labute approximate surface area is 141 Å². The number of pyridine rings is 1. The second kappa shape index (κ2) is 6.14. The molecule has 0 saturated carbocycles. The number of nitrogens with one attached hydrogen (secondary N) is 3. The van der Waals surface area contributed by atoms with Crippen molar-refractivity contribution in [1.29, 1.82) is 0 Å². The SMILES string of the molecule is CNc1nc(NC2CNCC2OC)nc2nc3c(c(C)c12)CCC3. The highest BCUT2D eigenvalue weighted by molar-refractivity contribution is 5.91. The first-order valence-corrected chi connectivity index (χ1v) is 8.59. The van der Waals surface area contributed by atoms with E-state index in [9.17, 15) is 0 Å². The number of fused-ring (bicyclic) bond motifs is 2. The number of ether oxygens (including phenoxy) is 1. The highest BCUT2D eigenvalue weighted by Crippen LogP contribution is 2.32. The topological polar surface area (TPSA) is 84.0 Å². The number of rotatable bonds is 4. The van der Waals surface area contributed by atoms with Crippen molar-refractivity contribution in [2.75, 3.05) is 37.9 Å². The van der Waals surface area contributed by atoms with E-state index in [0.717, 1.165) is 42.8 Å². The zero-order chi connectivity index (χ0) is 16.7. The largest absolute Gasteiger partial charge is 0.378 e. The predicted molar refractivity (Wildman–Crippen MR) is 94.7 cm³/mol. The van der Waals surface area contributed by atoms with Gasteiger partial charge in [0.15, 0.2) is 5.65 Å². The summed E-state index contributed by atoms with van der Waals surface area (Å²) in [4.78, 5) is 14.2. The molecule has 1 aliphatic carbocycles. The molecule has 2 atom stereocenters. The highest BCUT2D eigenvalue weighted by atomic mass is 16.5. The molecule has 2 aromatic heterocycles. The molecule has 2 aliphatic rings. The molecular weight excluding hydrogens is 304 g/mol. The Morgan fingerprint density at radius 2 is 2.04 bits per heavy atom. The number of methoxy groups -OCH3 is 1. The van der Waals surface area contributed by atoms with E-state index in [1.54, 1.807) is 7.11 Å². The van der Waals surface area contributed by atoms with Gasteiger partial charge in [-0.15, -0.1) is 0 Å². The van der Waals surface area contributed by atoms with Gasteiger partial charge in [-0.05, 0) is 37.3 Å². The third kappa shape index (κ3) is 2.48. The molecule has 0 spiro atoms. The minimum atomic E-state index is 0.122. The first-order valence-electron chi connectivity index (χ1n) is 8.59. The summed E-state index contributed by atoms with van der Waals surface area (Å²) in [6.07, 6.45) is 3.45. The van der Waals surface area contributed by atoms with E-state index in [1.807, 2.05) is 7.05 Å². The van der Waals surface area contributed by atoms with Crippen LogP contribution in [0.15, 0.2) is 0 Å². The zero-order valence-corrected chi connectivity index (χ0v) is 14.4. The van der Waals surface area contributed by atoms with E-state index < -0.39 is 0 Å². The second-order valence-corrected chi connectivity index (χ2v) is 6.54. The zero-order valence-electron chi connectivity index (χ0n) is 14.4. The summed E-state index contributed by atoms with van der Waals surface area (Å²) >= 11 is 0. The molecule has 24 heavy (non-hydrogen) atoms. The molecule has 1 saturated heterocycles. The molecule has 0 bridgehead atoms. The maximum Gasteiger partial charge on any atom is 0.227 e. The lowest BCUT2D eigenvalue weighted by atomic mass is 10.1. The van der Waals surface area contributed by atoms with Gasteiger partial charge in [0, 0.05) is 32.9 Å². The van der Waals surface area contributed by atoms with Crippen LogP contribution >= 0.6 is 0 Å². The summed E-state index contributed by atoms with van der Waals surface area (Å²) in [6, 6.07) is 0.160. The highest BCUT2D eigenvalue weighted by Gasteiger charge is 2.28. The summed E-state index contributed by atoms with van der Waals surface area (Å²) in [5, 5.41) is 11.0. The molecule has 4 rings (SSSR count). The van der Waals surface area contributed by atoms with E-state index in [2.05, 4.69) is 27.9 Å². The lowest BCUT2D eigenvalue weighted by molar-refractivity contribution is 0.111. The Morgan fingerprint density at radius 1 is 1.17 bits per heavy atom. The van der Waals surface area contributed by atoms with Crippen molar-refractivity contribution in [3.63, 3.8) is 0 Å². The Hall–Kier alpha value is -1.99. The van der Waals surface area contributed by atoms with Crippen molar-refractivity contribution in [3.8, 4) is 0 Å². The molecule has 3 N–H and O–H groups in total. The summed E-state index contributed by atoms with van der Waals surface area (Å²) in [5.74, 6) is 1.44. The van der Waals surface area contributed by atoms with E-state index in [0.29, 0.717) is 5.95 Å². The Kier molecular flexibility index (Phi) is 3.97. The van der Waals surface area contributed by atoms with Gasteiger partial charge in [0.05, 0.1) is 17.5 Å². The van der Waals surface area contributed by atoms with E-state index >= 15 is 0 Å². The number of anilines is 2. The second-order valence-electron chi connectivity index (χ2n) is 6.54. The van der Waals surface area contributed by atoms with Crippen LogP contribution in [0.5, 0.6) is 0 Å². The molecule has 1 aliphatic heterocycles. The van der Waals surface area contributed by atoms with Gasteiger partial charge < -0.3 is 20.7 Å². The molecule has 0 aromatic carbocycles. The first kappa shape index (κ1) is 15.5. The maximum atomic E-state index is 5.51. The molecule has 7 nitrogen and oxygen atoms in total. The van der Waals surface area contributed by atoms with Gasteiger partial charge in [-0.1, -0.05) is 0 Å². The predicted octanol–water partition coefficient (Wildman–Crippen LogP) is 1.26. The van der Waals surface area contributed by atoms with Crippen LogP contribution in [-0.2, 0) is 17.6 Å². The van der Waals surface area contributed by atoms with E-state index in [-0.39, 0.29) is 12.1 Å². The molecule has 2 unspecified atom stereocenters. The van der Waals surface area contributed by atoms with Crippen molar-refractivity contribution in [1.82, 2.24) is 20.3 Å². The van der Waals surface area contributed by atoms with Gasteiger partial charge in [-0.25, -0.2) is 4.98 Å². The molecule has 0 radical (unpaired) electrons. The molecular formula is C17H24N6O. The molecule has 128 valence electrons. The standard InChI is InChI=1S/C17H24N6O/c1-9-10-5-4-6-11(10)20-16-14(9)15(18-2)22-17(23-16)21-12-7-19-8-13(12)24-3/h12-13,19H,4-8H2,1-3H3,(H2,18,20,21,22,23). The fraction of sp³-hybridized carbons (Fsp3) is 0.588. The fourth-order valence-electron chi connectivity index (χ4n) is 3.87. The van der Waals surface area contributed by atoms with Crippen LogP contribution in [0, 0.1) is 6.92 Å². The summed E-state index contributed by atoms with van der Waals surface area (Å²) in [6.45, 7) is 3.84. The van der Waals surface area contributed by atoms with Gasteiger partial charge >= 0.3 is 0 Å². The van der Waals surface area contributed by atoms with Crippen LogP contribution in [0.4, 0.5) is 11.8 Å². The lowest BCUT2D eigenvalue weighted by Crippen LogP contribution is -2.34. The molecule has 0 amide bonds. The number of aryl methyl sites for hydroxylation is 2. The maximum absolute atomic E-state index is 5.51. The lowest BCUT2D eigenvalue weighted by Gasteiger charge is -2.19. The quantitative estimate of drug-likeness (QED) is 0.779. The Bertz CT molecular complexity index is 778.